The number of hydrogen-bond donors (Lipinski definition) is 2. The minimum Gasteiger partial charge on any atom is -0.354 e. The van der Waals surface area contributed by atoms with Gasteiger partial charge >= 0.3 is 0 Å². The maximum atomic E-state index is 12.9. The molecule has 3 aromatic rings. The van der Waals surface area contributed by atoms with Crippen LogP contribution in [0, 0.1) is 0 Å². The number of anilines is 2. The molecule has 0 fully saturated rings. The first-order valence-corrected chi connectivity index (χ1v) is 12.0. The lowest BCUT2D eigenvalue weighted by Crippen LogP contribution is -2.30. The first-order valence-electron chi connectivity index (χ1n) is 10.5. The SMILES string of the molecule is CCN(CC)S(=O)(=O)c1ccc(NC(=C2C(=O)Nc3ccccc32)c2ccccc2)cc1. The Hall–Kier alpha value is -3.42. The average molecular weight is 448 g/mol. The zero-order valence-electron chi connectivity index (χ0n) is 18.0. The van der Waals surface area contributed by atoms with Crippen LogP contribution >= 0.6 is 0 Å². The molecule has 1 heterocycles. The fourth-order valence-corrected chi connectivity index (χ4v) is 5.27. The van der Waals surface area contributed by atoms with Crippen LogP contribution in [0.2, 0.25) is 0 Å². The predicted octanol–water partition coefficient (Wildman–Crippen LogP) is 4.65. The summed E-state index contributed by atoms with van der Waals surface area (Å²) in [7, 11) is -3.53. The van der Waals surface area contributed by atoms with Gasteiger partial charge in [-0.3, -0.25) is 4.79 Å². The lowest BCUT2D eigenvalue weighted by Gasteiger charge is -2.19. The highest BCUT2D eigenvalue weighted by atomic mass is 32.2. The second-order valence-corrected chi connectivity index (χ2v) is 9.29. The molecule has 7 heteroatoms. The van der Waals surface area contributed by atoms with Crippen molar-refractivity contribution in [3.8, 4) is 0 Å². The summed E-state index contributed by atoms with van der Waals surface area (Å²) >= 11 is 0. The van der Waals surface area contributed by atoms with Crippen molar-refractivity contribution in [2.75, 3.05) is 23.7 Å². The van der Waals surface area contributed by atoms with E-state index in [4.69, 9.17) is 0 Å². The molecule has 0 aliphatic carbocycles. The third-order valence-corrected chi connectivity index (χ3v) is 7.52. The molecule has 0 bridgehead atoms. The van der Waals surface area contributed by atoms with Gasteiger partial charge in [-0.15, -0.1) is 0 Å². The molecular formula is C25H25N3O3S. The van der Waals surface area contributed by atoms with Gasteiger partial charge in [0.2, 0.25) is 10.0 Å². The van der Waals surface area contributed by atoms with Crippen LogP contribution in [0.15, 0.2) is 83.8 Å². The van der Waals surface area contributed by atoms with E-state index in [1.165, 1.54) is 4.31 Å². The minimum absolute atomic E-state index is 0.182. The number of hydrogen-bond acceptors (Lipinski definition) is 4. The van der Waals surface area contributed by atoms with Gasteiger partial charge in [0.25, 0.3) is 5.91 Å². The summed E-state index contributed by atoms with van der Waals surface area (Å²) in [5, 5.41) is 6.27. The third-order valence-electron chi connectivity index (χ3n) is 5.45. The Morgan fingerprint density at radius 2 is 1.50 bits per heavy atom. The molecular weight excluding hydrogens is 422 g/mol. The lowest BCUT2D eigenvalue weighted by molar-refractivity contribution is -0.110. The maximum Gasteiger partial charge on any atom is 0.258 e. The number of sulfonamides is 1. The van der Waals surface area contributed by atoms with E-state index >= 15 is 0 Å². The van der Waals surface area contributed by atoms with Gasteiger partial charge in [-0.1, -0.05) is 62.4 Å². The van der Waals surface area contributed by atoms with Gasteiger partial charge in [0, 0.05) is 30.0 Å². The van der Waals surface area contributed by atoms with Gasteiger partial charge in [-0.2, -0.15) is 4.31 Å². The van der Waals surface area contributed by atoms with E-state index in [1.807, 2.05) is 68.4 Å². The molecule has 0 spiro atoms. The molecule has 0 saturated carbocycles. The molecule has 0 unspecified atom stereocenters. The van der Waals surface area contributed by atoms with Crippen LogP contribution in [0.5, 0.6) is 0 Å². The van der Waals surface area contributed by atoms with Gasteiger partial charge < -0.3 is 10.6 Å². The molecule has 1 aliphatic heterocycles. The van der Waals surface area contributed by atoms with Crippen LogP contribution in [0.1, 0.15) is 25.0 Å². The quantitative estimate of drug-likeness (QED) is 0.517. The topological polar surface area (TPSA) is 78.5 Å². The zero-order valence-corrected chi connectivity index (χ0v) is 18.8. The number of nitrogens with one attached hydrogen (secondary N) is 2. The van der Waals surface area contributed by atoms with Crippen molar-refractivity contribution in [2.24, 2.45) is 0 Å². The van der Waals surface area contributed by atoms with Crippen molar-refractivity contribution in [2.45, 2.75) is 18.7 Å². The van der Waals surface area contributed by atoms with E-state index in [9.17, 15) is 13.2 Å². The summed E-state index contributed by atoms with van der Waals surface area (Å²) in [5.74, 6) is -0.182. The smallest absolute Gasteiger partial charge is 0.258 e. The largest absolute Gasteiger partial charge is 0.354 e. The number of benzene rings is 3. The maximum absolute atomic E-state index is 12.9. The Morgan fingerprint density at radius 3 is 2.16 bits per heavy atom. The van der Waals surface area contributed by atoms with Crippen molar-refractivity contribution in [3.05, 3.63) is 90.0 Å². The Balaban J connectivity index is 1.75. The molecule has 1 aliphatic rings. The number of fused-ring (bicyclic) bond motifs is 1. The van der Waals surface area contributed by atoms with Crippen molar-refractivity contribution < 1.29 is 13.2 Å². The van der Waals surface area contributed by atoms with E-state index in [1.54, 1.807) is 24.3 Å². The summed E-state index contributed by atoms with van der Waals surface area (Å²) in [6.45, 7) is 4.47. The molecule has 4 rings (SSSR count). The van der Waals surface area contributed by atoms with E-state index < -0.39 is 10.0 Å². The molecule has 3 aromatic carbocycles. The van der Waals surface area contributed by atoms with Gasteiger partial charge in [0.15, 0.2) is 0 Å². The first-order chi connectivity index (χ1) is 15.5. The molecule has 6 nitrogen and oxygen atoms in total. The molecule has 2 N–H and O–H groups in total. The van der Waals surface area contributed by atoms with Crippen LogP contribution in [-0.2, 0) is 14.8 Å². The second-order valence-electron chi connectivity index (χ2n) is 7.35. The van der Waals surface area contributed by atoms with Gasteiger partial charge in [-0.25, -0.2) is 8.42 Å². The number of rotatable bonds is 7. The first kappa shape index (κ1) is 21.8. The fraction of sp³-hybridized carbons (Fsp3) is 0.160. The summed E-state index contributed by atoms with van der Waals surface area (Å²) < 4.78 is 27.0. The van der Waals surface area contributed by atoms with E-state index in [2.05, 4.69) is 10.6 Å². The number of carbonyl (C=O) groups is 1. The lowest BCUT2D eigenvalue weighted by atomic mass is 10.00. The monoisotopic (exact) mass is 447 g/mol. The van der Waals surface area contributed by atoms with Crippen molar-refractivity contribution >= 4 is 38.6 Å². The normalized spacial score (nSPS) is 14.8. The highest BCUT2D eigenvalue weighted by Crippen LogP contribution is 2.37. The van der Waals surface area contributed by atoms with E-state index in [-0.39, 0.29) is 10.8 Å². The van der Waals surface area contributed by atoms with Gasteiger partial charge in [-0.05, 0) is 35.9 Å². The summed E-state index contributed by atoms with van der Waals surface area (Å²) in [6.07, 6.45) is 0. The number of nitrogens with zero attached hydrogens (tertiary/aromatic N) is 1. The minimum atomic E-state index is -3.53. The Morgan fingerprint density at radius 1 is 0.875 bits per heavy atom. The van der Waals surface area contributed by atoms with Crippen molar-refractivity contribution in [1.29, 1.82) is 0 Å². The molecule has 0 radical (unpaired) electrons. The number of carbonyl (C=O) groups excluding carboxylic acids is 1. The molecule has 1 amide bonds. The molecule has 0 atom stereocenters. The van der Waals surface area contributed by atoms with E-state index in [0.717, 1.165) is 16.8 Å². The number of para-hydroxylation sites is 1. The van der Waals surface area contributed by atoms with Crippen LogP contribution in [-0.4, -0.2) is 31.7 Å². The summed E-state index contributed by atoms with van der Waals surface area (Å²) in [5.41, 5.74) is 4.34. The molecule has 0 aromatic heterocycles. The van der Waals surface area contributed by atoms with Gasteiger partial charge in [0.1, 0.15) is 0 Å². The summed E-state index contributed by atoms with van der Waals surface area (Å²) in [6, 6.07) is 23.8. The molecule has 0 saturated heterocycles. The van der Waals surface area contributed by atoms with Crippen LogP contribution in [0.25, 0.3) is 11.3 Å². The Bertz CT molecular complexity index is 1260. The van der Waals surface area contributed by atoms with Crippen LogP contribution < -0.4 is 10.6 Å². The molecule has 32 heavy (non-hydrogen) atoms. The molecule has 164 valence electrons. The van der Waals surface area contributed by atoms with Gasteiger partial charge in [0.05, 0.1) is 16.2 Å². The standard InChI is InChI=1S/C25H25N3O3S/c1-3-28(4-2)32(30,31)20-16-14-19(15-17-20)26-24(18-10-6-5-7-11-18)23-21-12-8-9-13-22(21)27-25(23)29/h5-17,26H,3-4H2,1-2H3,(H,27,29). The Labute approximate surface area is 188 Å². The zero-order chi connectivity index (χ0) is 22.7. The fourth-order valence-electron chi connectivity index (χ4n) is 3.82. The number of amides is 1. The highest BCUT2D eigenvalue weighted by molar-refractivity contribution is 7.89. The predicted molar refractivity (Wildman–Crippen MR) is 128 cm³/mol. The average Bonchev–Trinajstić information content (AvgIpc) is 3.14. The summed E-state index contributed by atoms with van der Waals surface area (Å²) in [4.78, 5) is 13.1. The van der Waals surface area contributed by atoms with Crippen molar-refractivity contribution in [1.82, 2.24) is 4.31 Å². The third kappa shape index (κ3) is 4.04. The Kier molecular flexibility index (Phi) is 6.12. The highest BCUT2D eigenvalue weighted by Gasteiger charge is 2.28. The van der Waals surface area contributed by atoms with E-state index in [0.29, 0.717) is 30.0 Å². The van der Waals surface area contributed by atoms with Crippen LogP contribution in [0.4, 0.5) is 11.4 Å². The van der Waals surface area contributed by atoms with Crippen molar-refractivity contribution in [3.63, 3.8) is 0 Å². The second kappa shape index (κ2) is 8.98. The van der Waals surface area contributed by atoms with Crippen LogP contribution in [0.3, 0.4) is 0 Å².